The Kier molecular flexibility index (Phi) is 12.1. The number of likely N-dealkylation sites (N-methyl/N-ethyl adjacent to an activating group) is 2. The van der Waals surface area contributed by atoms with Crippen molar-refractivity contribution in [2.45, 2.75) is 62.6 Å². The smallest absolute Gasteiger partial charge is 0.246 e. The Morgan fingerprint density at radius 3 is 2.00 bits per heavy atom. The molecule has 1 saturated carbocycles. The van der Waals surface area contributed by atoms with Crippen LogP contribution in [-0.4, -0.2) is 70.8 Å². The van der Waals surface area contributed by atoms with E-state index in [2.05, 4.69) is 22.4 Å². The van der Waals surface area contributed by atoms with Gasteiger partial charge in [-0.2, -0.15) is 0 Å². The Morgan fingerprint density at radius 2 is 1.37 bits per heavy atom. The molecular formula is C41H47N5O3. The Hall–Kier alpha value is -5.08. The number of hydrogen-bond acceptors (Lipinski definition) is 5. The highest BCUT2D eigenvalue weighted by Gasteiger charge is 2.35. The van der Waals surface area contributed by atoms with Crippen molar-refractivity contribution in [3.63, 3.8) is 0 Å². The van der Waals surface area contributed by atoms with Crippen molar-refractivity contribution < 1.29 is 14.4 Å². The molecule has 2 atom stereocenters. The highest BCUT2D eigenvalue weighted by Crippen LogP contribution is 2.32. The van der Waals surface area contributed by atoms with E-state index in [-0.39, 0.29) is 29.7 Å². The molecule has 49 heavy (non-hydrogen) atoms. The number of rotatable bonds is 15. The first-order chi connectivity index (χ1) is 23.7. The molecule has 3 aromatic carbocycles. The van der Waals surface area contributed by atoms with Gasteiger partial charge in [0.25, 0.3) is 0 Å². The molecule has 5 rings (SSSR count). The molecule has 3 N–H and O–H groups in total. The first-order valence-electron chi connectivity index (χ1n) is 17.1. The number of hydrogen-bond donors (Lipinski definition) is 2. The van der Waals surface area contributed by atoms with Gasteiger partial charge in [0.15, 0.2) is 0 Å². The van der Waals surface area contributed by atoms with Gasteiger partial charge in [0.05, 0.1) is 0 Å². The highest BCUT2D eigenvalue weighted by atomic mass is 16.2. The van der Waals surface area contributed by atoms with Crippen molar-refractivity contribution in [2.24, 2.45) is 5.73 Å². The molecule has 0 aliphatic heterocycles. The zero-order chi connectivity index (χ0) is 34.6. The van der Waals surface area contributed by atoms with Crippen LogP contribution in [0.5, 0.6) is 0 Å². The predicted octanol–water partition coefficient (Wildman–Crippen LogP) is 5.37. The van der Waals surface area contributed by atoms with Crippen LogP contribution in [0.15, 0.2) is 122 Å². The molecule has 0 saturated heterocycles. The molecular weight excluding hydrogens is 610 g/mol. The number of nitrogens with two attached hydrogens (primary N) is 1. The van der Waals surface area contributed by atoms with Gasteiger partial charge < -0.3 is 20.9 Å². The van der Waals surface area contributed by atoms with Crippen molar-refractivity contribution in [1.29, 1.82) is 0 Å². The third-order valence-electron chi connectivity index (χ3n) is 9.58. The van der Waals surface area contributed by atoms with Crippen molar-refractivity contribution >= 4 is 17.7 Å². The van der Waals surface area contributed by atoms with E-state index in [1.165, 1.54) is 15.9 Å². The quantitative estimate of drug-likeness (QED) is 0.167. The fourth-order valence-corrected chi connectivity index (χ4v) is 6.21. The van der Waals surface area contributed by atoms with Crippen molar-refractivity contribution in [2.75, 3.05) is 20.6 Å². The molecule has 1 aromatic heterocycles. The van der Waals surface area contributed by atoms with Crippen molar-refractivity contribution in [3.05, 3.63) is 138 Å². The maximum Gasteiger partial charge on any atom is 0.246 e. The summed E-state index contributed by atoms with van der Waals surface area (Å²) in [5.41, 5.74) is 11.2. The lowest BCUT2D eigenvalue weighted by molar-refractivity contribution is -0.146. The minimum Gasteiger partial charge on any atom is -0.354 e. The summed E-state index contributed by atoms with van der Waals surface area (Å²) in [6, 6.07) is 30.0. The third-order valence-corrected chi connectivity index (χ3v) is 9.58. The maximum absolute atomic E-state index is 14.5. The number of nitrogens with one attached hydrogen (secondary N) is 1. The van der Waals surface area contributed by atoms with Gasteiger partial charge >= 0.3 is 0 Å². The predicted molar refractivity (Wildman–Crippen MR) is 194 cm³/mol. The first-order valence-corrected chi connectivity index (χ1v) is 17.1. The van der Waals surface area contributed by atoms with Gasteiger partial charge in [-0.15, -0.1) is 0 Å². The SMILES string of the molecule is CN(C(=O)C=CCC1(N)CCC1)[C@H](Cc1ccc(-c2ccccc2)cc1)C(=O)N(C)[C@H](Cc1ccccc1)C(=O)NCCc1ccncc1. The zero-order valence-electron chi connectivity index (χ0n) is 28.5. The second-order valence-electron chi connectivity index (χ2n) is 13.1. The topological polar surface area (TPSA) is 109 Å². The lowest BCUT2D eigenvalue weighted by Crippen LogP contribution is -2.56. The van der Waals surface area contributed by atoms with Crippen LogP contribution in [0.25, 0.3) is 11.1 Å². The van der Waals surface area contributed by atoms with Crippen LogP contribution >= 0.6 is 0 Å². The number of aromatic nitrogens is 1. The fourth-order valence-electron chi connectivity index (χ4n) is 6.21. The molecule has 0 radical (unpaired) electrons. The molecule has 3 amide bonds. The molecule has 0 bridgehead atoms. The zero-order valence-corrected chi connectivity index (χ0v) is 28.5. The van der Waals surface area contributed by atoms with E-state index in [9.17, 15) is 14.4 Å². The Labute approximate surface area is 290 Å². The van der Waals surface area contributed by atoms with Crippen LogP contribution in [0.1, 0.15) is 42.4 Å². The van der Waals surface area contributed by atoms with Gasteiger partial charge in [-0.25, -0.2) is 0 Å². The van der Waals surface area contributed by atoms with Crippen LogP contribution in [-0.2, 0) is 33.6 Å². The lowest BCUT2D eigenvalue weighted by atomic mass is 9.75. The highest BCUT2D eigenvalue weighted by molar-refractivity contribution is 5.95. The minimum absolute atomic E-state index is 0.248. The van der Waals surface area contributed by atoms with Crippen LogP contribution in [0.4, 0.5) is 0 Å². The van der Waals surface area contributed by atoms with Gasteiger partial charge in [-0.1, -0.05) is 91.0 Å². The maximum atomic E-state index is 14.5. The third kappa shape index (κ3) is 9.74. The number of amides is 3. The van der Waals surface area contributed by atoms with Crippen molar-refractivity contribution in [3.8, 4) is 11.1 Å². The van der Waals surface area contributed by atoms with Gasteiger partial charge in [-0.3, -0.25) is 19.4 Å². The minimum atomic E-state index is -0.844. The summed E-state index contributed by atoms with van der Waals surface area (Å²) in [4.78, 5) is 48.9. The van der Waals surface area contributed by atoms with Crippen molar-refractivity contribution in [1.82, 2.24) is 20.1 Å². The summed E-state index contributed by atoms with van der Waals surface area (Å²) in [6.07, 6.45) is 11.7. The Bertz CT molecular complexity index is 1690. The Morgan fingerprint density at radius 1 is 0.776 bits per heavy atom. The fraction of sp³-hybridized carbons (Fsp3) is 0.317. The average molecular weight is 658 g/mol. The molecule has 8 nitrogen and oxygen atoms in total. The molecule has 4 aromatic rings. The molecule has 1 aliphatic rings. The molecule has 1 heterocycles. The van der Waals surface area contributed by atoms with E-state index in [0.717, 1.165) is 47.1 Å². The summed E-state index contributed by atoms with van der Waals surface area (Å²) in [7, 11) is 3.32. The lowest BCUT2D eigenvalue weighted by Gasteiger charge is -2.37. The standard InChI is InChI=1S/C41H47N5O3/c1-45(38(47)15-9-23-41(42)24-10-25-41)37(30-33-16-18-35(19-17-33)34-13-7-4-8-14-34)40(49)46(2)36(29-32-11-5-3-6-12-32)39(48)44-28-22-31-20-26-43-27-21-31/h3-9,11-21,26-27,36-37H,10,22-25,28-30,42H2,1-2H3,(H,44,48)/t36-,37-/m1/s1. The van der Waals surface area contributed by atoms with Crippen LogP contribution in [0.3, 0.4) is 0 Å². The number of nitrogens with zero attached hydrogens (tertiary/aromatic N) is 3. The summed E-state index contributed by atoms with van der Waals surface area (Å²) in [5.74, 6) is -0.838. The van der Waals surface area contributed by atoms with Gasteiger partial charge in [-0.05, 0) is 78.1 Å². The van der Waals surface area contributed by atoms with E-state index < -0.39 is 12.1 Å². The van der Waals surface area contributed by atoms with Gasteiger partial charge in [0.2, 0.25) is 17.7 Å². The Balaban J connectivity index is 1.37. The van der Waals surface area contributed by atoms with E-state index >= 15 is 0 Å². The molecule has 1 aliphatic carbocycles. The van der Waals surface area contributed by atoms with Crippen LogP contribution in [0, 0.1) is 0 Å². The second kappa shape index (κ2) is 16.8. The first kappa shape index (κ1) is 35.2. The molecule has 1 fully saturated rings. The summed E-state index contributed by atoms with van der Waals surface area (Å²) >= 11 is 0. The largest absolute Gasteiger partial charge is 0.354 e. The van der Waals surface area contributed by atoms with Crippen LogP contribution in [0.2, 0.25) is 0 Å². The summed E-state index contributed by atoms with van der Waals surface area (Å²) < 4.78 is 0. The number of carbonyl (C=O) groups is 3. The van der Waals surface area contributed by atoms with E-state index in [0.29, 0.717) is 25.8 Å². The number of pyridine rings is 1. The van der Waals surface area contributed by atoms with E-state index in [1.54, 1.807) is 26.5 Å². The van der Waals surface area contributed by atoms with Gasteiger partial charge in [0.1, 0.15) is 12.1 Å². The van der Waals surface area contributed by atoms with E-state index in [4.69, 9.17) is 5.73 Å². The monoisotopic (exact) mass is 657 g/mol. The molecule has 0 unspecified atom stereocenters. The average Bonchev–Trinajstić information content (AvgIpc) is 3.12. The number of carbonyl (C=O) groups excluding carboxylic acids is 3. The molecule has 0 spiro atoms. The summed E-state index contributed by atoms with van der Waals surface area (Å²) in [6.45, 7) is 0.416. The summed E-state index contributed by atoms with van der Waals surface area (Å²) in [5, 5.41) is 3.05. The van der Waals surface area contributed by atoms with E-state index in [1.807, 2.05) is 91.0 Å². The molecule has 254 valence electrons. The van der Waals surface area contributed by atoms with Gasteiger partial charge in [0, 0.05) is 51.4 Å². The second-order valence-corrected chi connectivity index (χ2v) is 13.1. The van der Waals surface area contributed by atoms with Crippen LogP contribution < -0.4 is 11.1 Å². The normalized spacial score (nSPS) is 14.8. The molecule has 8 heteroatoms. The number of benzene rings is 3.